The summed E-state index contributed by atoms with van der Waals surface area (Å²) in [6.07, 6.45) is 2.90. The largest absolute Gasteiger partial charge is 0.493 e. The maximum atomic E-state index is 11.3. The highest BCUT2D eigenvalue weighted by molar-refractivity contribution is 6.36. The number of methoxy groups -OCH3 is 1. The van der Waals surface area contributed by atoms with E-state index in [1.807, 2.05) is 0 Å². The number of nitro benzene ring substituents is 1. The van der Waals surface area contributed by atoms with Gasteiger partial charge in [0.15, 0.2) is 11.3 Å². The molecule has 1 N–H and O–H groups in total. The Bertz CT molecular complexity index is 1230. The van der Waals surface area contributed by atoms with E-state index in [4.69, 9.17) is 32.4 Å². The highest BCUT2D eigenvalue weighted by Crippen LogP contribution is 2.44. The molecule has 0 spiro atoms. The molecule has 2 heterocycles. The van der Waals surface area contributed by atoms with Crippen LogP contribution in [0.4, 0.5) is 5.69 Å². The van der Waals surface area contributed by atoms with Crippen LogP contribution in [-0.2, 0) is 0 Å². The van der Waals surface area contributed by atoms with Crippen molar-refractivity contribution in [1.29, 1.82) is 0 Å². The zero-order chi connectivity index (χ0) is 20.7. The summed E-state index contributed by atoms with van der Waals surface area (Å²) in [5.41, 5.74) is 1.96. The zero-order valence-corrected chi connectivity index (χ0v) is 16.6. The molecule has 0 aliphatic carbocycles. The quantitative estimate of drug-likeness (QED) is 0.338. The van der Waals surface area contributed by atoms with Gasteiger partial charge in [-0.3, -0.25) is 15.1 Å². The van der Waals surface area contributed by atoms with Gasteiger partial charge in [-0.25, -0.2) is 0 Å². The summed E-state index contributed by atoms with van der Waals surface area (Å²) in [6.45, 7) is -0.299. The summed E-state index contributed by atoms with van der Waals surface area (Å²) in [7, 11) is 1.50. The van der Waals surface area contributed by atoms with Crippen molar-refractivity contribution in [2.45, 2.75) is 5.92 Å². The van der Waals surface area contributed by atoms with Crippen LogP contribution in [-0.4, -0.2) is 28.7 Å². The van der Waals surface area contributed by atoms with Gasteiger partial charge in [0.25, 0.3) is 5.69 Å². The van der Waals surface area contributed by atoms with Gasteiger partial charge in [0.05, 0.1) is 28.7 Å². The number of non-ortho nitro benzene ring substituents is 1. The van der Waals surface area contributed by atoms with E-state index in [0.29, 0.717) is 48.9 Å². The van der Waals surface area contributed by atoms with Gasteiger partial charge < -0.3 is 14.3 Å². The number of aliphatic hydroxyl groups excluding tert-OH is 1. The van der Waals surface area contributed by atoms with E-state index >= 15 is 0 Å². The number of nitrogens with zero attached hydrogens (tertiary/aromatic N) is 2. The highest BCUT2D eigenvalue weighted by atomic mass is 35.5. The first-order valence-electron chi connectivity index (χ1n) is 8.53. The molecule has 9 heteroatoms. The van der Waals surface area contributed by atoms with Gasteiger partial charge in [-0.2, -0.15) is 0 Å². The summed E-state index contributed by atoms with van der Waals surface area (Å²) >= 11 is 12.7. The zero-order valence-electron chi connectivity index (χ0n) is 15.1. The van der Waals surface area contributed by atoms with Gasteiger partial charge in [0, 0.05) is 46.8 Å². The molecular formula is C20H14Cl2N2O5. The lowest BCUT2D eigenvalue weighted by atomic mass is 9.89. The molecule has 1 unspecified atom stereocenters. The Morgan fingerprint density at radius 3 is 2.59 bits per heavy atom. The second kappa shape index (κ2) is 7.51. The second-order valence-corrected chi connectivity index (χ2v) is 7.17. The molecule has 148 valence electrons. The van der Waals surface area contributed by atoms with E-state index < -0.39 is 10.8 Å². The number of hydrogen-bond donors (Lipinski definition) is 1. The minimum Gasteiger partial charge on any atom is -0.493 e. The molecule has 0 aliphatic rings. The molecule has 0 radical (unpaired) electrons. The number of rotatable bonds is 5. The number of aliphatic hydroxyl groups is 1. The highest BCUT2D eigenvalue weighted by Gasteiger charge is 2.26. The molecule has 29 heavy (non-hydrogen) atoms. The maximum absolute atomic E-state index is 11.3. The molecule has 2 aromatic heterocycles. The summed E-state index contributed by atoms with van der Waals surface area (Å²) in [5, 5.41) is 23.2. The predicted octanol–water partition coefficient (Wildman–Crippen LogP) is 5.33. The van der Waals surface area contributed by atoms with Crippen LogP contribution in [0.2, 0.25) is 10.0 Å². The van der Waals surface area contributed by atoms with Gasteiger partial charge >= 0.3 is 0 Å². The normalized spacial score (nSPS) is 12.4. The fourth-order valence-corrected chi connectivity index (χ4v) is 4.16. The first-order valence-corrected chi connectivity index (χ1v) is 9.29. The van der Waals surface area contributed by atoms with Gasteiger partial charge in [-0.1, -0.05) is 29.3 Å². The molecule has 0 fully saturated rings. The number of fused-ring (bicyclic) bond motifs is 3. The summed E-state index contributed by atoms with van der Waals surface area (Å²) in [5.74, 6) is -0.141. The molecule has 0 saturated heterocycles. The second-order valence-electron chi connectivity index (χ2n) is 6.35. The van der Waals surface area contributed by atoms with E-state index in [-0.39, 0.29) is 12.3 Å². The number of pyridine rings is 1. The summed E-state index contributed by atoms with van der Waals surface area (Å²) < 4.78 is 11.3. The molecule has 4 rings (SSSR count). The van der Waals surface area contributed by atoms with Crippen LogP contribution < -0.4 is 4.74 Å². The topological polar surface area (TPSA) is 98.6 Å². The minimum absolute atomic E-state index is 0.0745. The Labute approximate surface area is 174 Å². The fraction of sp³-hybridized carbons (Fsp3) is 0.150. The molecule has 0 bridgehead atoms. The van der Waals surface area contributed by atoms with Crippen molar-refractivity contribution >= 4 is 50.8 Å². The van der Waals surface area contributed by atoms with Crippen molar-refractivity contribution in [2.24, 2.45) is 0 Å². The van der Waals surface area contributed by atoms with Crippen LogP contribution in [0.25, 0.3) is 21.9 Å². The number of benzene rings is 2. The Hall–Kier alpha value is -2.87. The van der Waals surface area contributed by atoms with E-state index in [1.165, 1.54) is 37.7 Å². The van der Waals surface area contributed by atoms with Crippen molar-refractivity contribution in [3.8, 4) is 5.75 Å². The Morgan fingerprint density at radius 1 is 1.24 bits per heavy atom. The van der Waals surface area contributed by atoms with Crippen LogP contribution in [0.1, 0.15) is 17.0 Å². The van der Waals surface area contributed by atoms with E-state index in [2.05, 4.69) is 4.98 Å². The van der Waals surface area contributed by atoms with Crippen LogP contribution >= 0.6 is 23.2 Å². The molecular weight excluding hydrogens is 419 g/mol. The number of ether oxygens (including phenoxy) is 1. The lowest BCUT2D eigenvalue weighted by Crippen LogP contribution is -2.08. The summed E-state index contributed by atoms with van der Waals surface area (Å²) in [6, 6.07) is 7.82. The predicted molar refractivity (Wildman–Crippen MR) is 110 cm³/mol. The monoisotopic (exact) mass is 432 g/mol. The first-order chi connectivity index (χ1) is 14.0. The molecule has 0 saturated carbocycles. The maximum Gasteiger partial charge on any atom is 0.270 e. The van der Waals surface area contributed by atoms with Crippen molar-refractivity contribution < 1.29 is 19.2 Å². The standard InChI is InChI=1S/C20H14Cl2N2O5/c1-28-17-5-3-11(13(9-25)19-14(21)7-23-8-15(19)22)18-12-6-10(24(26)27)2-4-16(12)29-20(17)18/h2-8,13,25H,9H2,1H3. The Morgan fingerprint density at radius 2 is 1.97 bits per heavy atom. The van der Waals surface area contributed by atoms with Gasteiger partial charge in [-0.15, -0.1) is 0 Å². The molecule has 0 aliphatic heterocycles. The smallest absolute Gasteiger partial charge is 0.270 e. The van der Waals surface area contributed by atoms with Gasteiger partial charge in [0.1, 0.15) is 5.58 Å². The molecule has 7 nitrogen and oxygen atoms in total. The van der Waals surface area contributed by atoms with Crippen molar-refractivity contribution in [2.75, 3.05) is 13.7 Å². The van der Waals surface area contributed by atoms with Crippen molar-refractivity contribution in [3.63, 3.8) is 0 Å². The average molecular weight is 433 g/mol. The van der Waals surface area contributed by atoms with Crippen LogP contribution in [0, 0.1) is 10.1 Å². The third kappa shape index (κ3) is 3.17. The van der Waals surface area contributed by atoms with E-state index in [1.54, 1.807) is 12.1 Å². The summed E-state index contributed by atoms with van der Waals surface area (Å²) in [4.78, 5) is 14.8. The average Bonchev–Trinajstić information content (AvgIpc) is 3.09. The van der Waals surface area contributed by atoms with E-state index in [9.17, 15) is 15.2 Å². The number of furan rings is 1. The number of aromatic nitrogens is 1. The van der Waals surface area contributed by atoms with Gasteiger partial charge in [0.2, 0.25) is 0 Å². The fourth-order valence-electron chi connectivity index (χ4n) is 3.53. The Kier molecular flexibility index (Phi) is 5.04. The molecule has 2 aromatic carbocycles. The Balaban J connectivity index is 2.09. The lowest BCUT2D eigenvalue weighted by molar-refractivity contribution is -0.384. The van der Waals surface area contributed by atoms with Crippen molar-refractivity contribution in [3.05, 3.63) is 74.0 Å². The van der Waals surface area contributed by atoms with Crippen LogP contribution in [0.15, 0.2) is 47.1 Å². The first kappa shape index (κ1) is 19.4. The van der Waals surface area contributed by atoms with Crippen LogP contribution in [0.5, 0.6) is 5.75 Å². The number of halogens is 2. The third-order valence-corrected chi connectivity index (χ3v) is 5.43. The van der Waals surface area contributed by atoms with Gasteiger partial charge in [-0.05, 0) is 17.7 Å². The molecule has 0 amide bonds. The SMILES string of the molecule is COc1ccc(C(CO)c2c(Cl)cncc2Cl)c2c1oc1ccc([N+](=O)[O-])cc12. The molecule has 4 aromatic rings. The third-order valence-electron chi connectivity index (χ3n) is 4.83. The minimum atomic E-state index is -0.605. The van der Waals surface area contributed by atoms with Crippen molar-refractivity contribution in [1.82, 2.24) is 4.98 Å². The molecule has 1 atom stereocenters. The lowest BCUT2D eigenvalue weighted by Gasteiger charge is -2.19. The van der Waals surface area contributed by atoms with Crippen LogP contribution in [0.3, 0.4) is 0 Å². The number of nitro groups is 1. The number of hydrogen-bond acceptors (Lipinski definition) is 6. The van der Waals surface area contributed by atoms with E-state index in [0.717, 1.165) is 0 Å².